The number of rotatable bonds is 9. The van der Waals surface area contributed by atoms with Gasteiger partial charge in [0.2, 0.25) is 6.23 Å². The highest BCUT2D eigenvalue weighted by Gasteiger charge is 2.30. The molecule has 2 N–H and O–H groups in total. The van der Waals surface area contributed by atoms with Gasteiger partial charge in [-0.15, -0.1) is 0 Å². The van der Waals surface area contributed by atoms with E-state index in [0.717, 1.165) is 7.11 Å². The predicted octanol–water partition coefficient (Wildman–Crippen LogP) is -3.42. The molecule has 1 aliphatic rings. The standard InChI is InChI=1S/C21H38N4O10/c1-32-17(27)12-22-5-6-23(13-18(28)33-2)11-16(15-26)25(14-19(29)34-3)10-9-24(8-7-22)20(30)21(31)35-4/h16,20,26,30H,5-15H2,1-4H3. The van der Waals surface area contributed by atoms with E-state index in [1.807, 2.05) is 0 Å². The monoisotopic (exact) mass is 506 g/mol. The molecule has 0 amide bonds. The maximum atomic E-state index is 12.0. The number of aliphatic hydroxyl groups excluding tert-OH is 2. The van der Waals surface area contributed by atoms with E-state index in [1.165, 1.54) is 26.2 Å². The summed E-state index contributed by atoms with van der Waals surface area (Å²) in [6.07, 6.45) is -1.56. The first-order valence-corrected chi connectivity index (χ1v) is 11.2. The molecule has 0 saturated carbocycles. The fourth-order valence-corrected chi connectivity index (χ4v) is 3.63. The van der Waals surface area contributed by atoms with Gasteiger partial charge in [-0.1, -0.05) is 0 Å². The molecule has 2 unspecified atom stereocenters. The van der Waals surface area contributed by atoms with Gasteiger partial charge in [-0.2, -0.15) is 0 Å². The van der Waals surface area contributed by atoms with Crippen molar-refractivity contribution in [3.63, 3.8) is 0 Å². The number of esters is 4. The smallest absolute Gasteiger partial charge is 0.350 e. The molecule has 202 valence electrons. The van der Waals surface area contributed by atoms with Crippen molar-refractivity contribution in [3.05, 3.63) is 0 Å². The van der Waals surface area contributed by atoms with Crippen LogP contribution in [-0.2, 0) is 38.1 Å². The number of hydrogen-bond acceptors (Lipinski definition) is 14. The Labute approximate surface area is 205 Å². The number of carbonyl (C=O) groups excluding carboxylic acids is 4. The molecular weight excluding hydrogens is 468 g/mol. The molecule has 0 aromatic heterocycles. The topological polar surface area (TPSA) is 159 Å². The summed E-state index contributed by atoms with van der Waals surface area (Å²) in [6, 6.07) is -0.579. The molecule has 1 heterocycles. The average molecular weight is 507 g/mol. The van der Waals surface area contributed by atoms with Crippen LogP contribution in [0.2, 0.25) is 0 Å². The fraction of sp³-hybridized carbons (Fsp3) is 0.810. The molecule has 0 aromatic rings. The third-order valence-corrected chi connectivity index (χ3v) is 5.78. The molecule has 1 aliphatic heterocycles. The summed E-state index contributed by atoms with van der Waals surface area (Å²) in [7, 11) is 4.96. The molecule has 14 heteroatoms. The number of aliphatic hydroxyl groups is 2. The fourth-order valence-electron chi connectivity index (χ4n) is 3.63. The maximum Gasteiger partial charge on any atom is 0.350 e. The van der Waals surface area contributed by atoms with Gasteiger partial charge in [0.15, 0.2) is 0 Å². The molecule has 0 bridgehead atoms. The van der Waals surface area contributed by atoms with Crippen LogP contribution in [0.1, 0.15) is 0 Å². The molecule has 1 fully saturated rings. The van der Waals surface area contributed by atoms with Gasteiger partial charge in [-0.25, -0.2) is 4.79 Å². The van der Waals surface area contributed by atoms with E-state index in [9.17, 15) is 29.4 Å². The van der Waals surface area contributed by atoms with Gasteiger partial charge in [-0.3, -0.25) is 34.0 Å². The van der Waals surface area contributed by atoms with Crippen molar-refractivity contribution in [3.8, 4) is 0 Å². The van der Waals surface area contributed by atoms with Crippen molar-refractivity contribution in [2.45, 2.75) is 12.3 Å². The summed E-state index contributed by atoms with van der Waals surface area (Å²) in [5.41, 5.74) is 0. The molecule has 2 atom stereocenters. The summed E-state index contributed by atoms with van der Waals surface area (Å²) in [4.78, 5) is 54.6. The lowest BCUT2D eigenvalue weighted by molar-refractivity contribution is -0.162. The van der Waals surface area contributed by atoms with Crippen molar-refractivity contribution in [1.29, 1.82) is 0 Å². The summed E-state index contributed by atoms with van der Waals surface area (Å²) < 4.78 is 19.0. The quantitative estimate of drug-likeness (QED) is 0.235. The highest BCUT2D eigenvalue weighted by Crippen LogP contribution is 2.09. The van der Waals surface area contributed by atoms with Gasteiger partial charge >= 0.3 is 23.9 Å². The molecule has 1 saturated heterocycles. The van der Waals surface area contributed by atoms with Gasteiger partial charge in [0.25, 0.3) is 0 Å². The first-order chi connectivity index (χ1) is 16.7. The second-order valence-electron chi connectivity index (χ2n) is 7.98. The van der Waals surface area contributed by atoms with Crippen LogP contribution in [0.25, 0.3) is 0 Å². The lowest BCUT2D eigenvalue weighted by atomic mass is 10.2. The van der Waals surface area contributed by atoms with E-state index in [4.69, 9.17) is 14.2 Å². The Morgan fingerprint density at radius 2 is 1.23 bits per heavy atom. The highest BCUT2D eigenvalue weighted by atomic mass is 16.5. The highest BCUT2D eigenvalue weighted by molar-refractivity contribution is 5.74. The molecular formula is C21H38N4O10. The third-order valence-electron chi connectivity index (χ3n) is 5.78. The van der Waals surface area contributed by atoms with Crippen LogP contribution < -0.4 is 0 Å². The SMILES string of the molecule is COC(=O)CN1CCN(CC(=O)OC)CC(CO)N(CC(=O)OC)CCN(C(O)C(=O)OC)CC1. The first kappa shape index (κ1) is 30.7. The Kier molecular flexibility index (Phi) is 14.3. The number of ether oxygens (including phenoxy) is 4. The minimum Gasteiger partial charge on any atom is -0.468 e. The Morgan fingerprint density at radius 1 is 0.743 bits per heavy atom. The molecule has 0 aliphatic carbocycles. The Bertz CT molecular complexity index is 695. The van der Waals surface area contributed by atoms with Gasteiger partial charge < -0.3 is 29.2 Å². The van der Waals surface area contributed by atoms with Gasteiger partial charge in [-0.05, 0) is 0 Å². The Hall–Kier alpha value is -2.36. The first-order valence-electron chi connectivity index (χ1n) is 11.2. The summed E-state index contributed by atoms with van der Waals surface area (Å²) in [5.74, 6) is -2.31. The van der Waals surface area contributed by atoms with Crippen LogP contribution in [0, 0.1) is 0 Å². The lowest BCUT2D eigenvalue weighted by Crippen LogP contribution is -2.55. The third kappa shape index (κ3) is 10.8. The minimum atomic E-state index is -1.56. The van der Waals surface area contributed by atoms with Crippen LogP contribution in [0.5, 0.6) is 0 Å². The largest absolute Gasteiger partial charge is 0.468 e. The molecule has 0 radical (unpaired) electrons. The van der Waals surface area contributed by atoms with Crippen molar-refractivity contribution in [2.75, 3.05) is 100 Å². The predicted molar refractivity (Wildman–Crippen MR) is 121 cm³/mol. The van der Waals surface area contributed by atoms with Gasteiger partial charge in [0.05, 0.1) is 54.7 Å². The summed E-state index contributed by atoms with van der Waals surface area (Å²) in [6.45, 7) is 1.07. The maximum absolute atomic E-state index is 12.0. The van der Waals surface area contributed by atoms with Crippen molar-refractivity contribution in [2.24, 2.45) is 0 Å². The van der Waals surface area contributed by atoms with Crippen LogP contribution in [0.15, 0.2) is 0 Å². The zero-order valence-electron chi connectivity index (χ0n) is 20.9. The summed E-state index contributed by atoms with van der Waals surface area (Å²) >= 11 is 0. The van der Waals surface area contributed by atoms with Gasteiger partial charge in [0, 0.05) is 51.9 Å². The number of nitrogens with zero attached hydrogens (tertiary/aromatic N) is 4. The molecule has 14 nitrogen and oxygen atoms in total. The van der Waals surface area contributed by atoms with E-state index in [0.29, 0.717) is 13.1 Å². The van der Waals surface area contributed by atoms with Gasteiger partial charge in [0.1, 0.15) is 0 Å². The van der Waals surface area contributed by atoms with Crippen molar-refractivity contribution < 1.29 is 48.3 Å². The minimum absolute atomic E-state index is 0.0391. The molecule has 1 rings (SSSR count). The Balaban J connectivity index is 3.25. The van der Waals surface area contributed by atoms with Crippen LogP contribution in [0.3, 0.4) is 0 Å². The zero-order valence-corrected chi connectivity index (χ0v) is 20.9. The summed E-state index contributed by atoms with van der Waals surface area (Å²) in [5, 5.41) is 20.6. The van der Waals surface area contributed by atoms with E-state index >= 15 is 0 Å². The van der Waals surface area contributed by atoms with Crippen LogP contribution in [-0.4, -0.2) is 166 Å². The number of hydrogen-bond donors (Lipinski definition) is 2. The van der Waals surface area contributed by atoms with Crippen LogP contribution in [0.4, 0.5) is 0 Å². The molecule has 35 heavy (non-hydrogen) atoms. The van der Waals surface area contributed by atoms with Crippen molar-refractivity contribution >= 4 is 23.9 Å². The number of methoxy groups -OCH3 is 4. The molecule has 0 spiro atoms. The Morgan fingerprint density at radius 3 is 1.77 bits per heavy atom. The van der Waals surface area contributed by atoms with E-state index < -0.39 is 36.1 Å². The van der Waals surface area contributed by atoms with E-state index in [-0.39, 0.29) is 59.0 Å². The van der Waals surface area contributed by atoms with E-state index in [1.54, 1.807) is 14.7 Å². The van der Waals surface area contributed by atoms with Crippen molar-refractivity contribution in [1.82, 2.24) is 19.6 Å². The lowest BCUT2D eigenvalue weighted by Gasteiger charge is -2.37. The second kappa shape index (κ2) is 16.3. The average Bonchev–Trinajstić information content (AvgIpc) is 2.86. The zero-order chi connectivity index (χ0) is 26.4. The molecule has 0 aromatic carbocycles. The number of carbonyl (C=O) groups is 4. The normalized spacial score (nSPS) is 20.7. The van der Waals surface area contributed by atoms with E-state index in [2.05, 4.69) is 4.74 Å². The van der Waals surface area contributed by atoms with Crippen LogP contribution >= 0.6 is 0 Å². The second-order valence-corrected chi connectivity index (χ2v) is 7.98.